The van der Waals surface area contributed by atoms with Gasteiger partial charge in [-0.05, 0) is 38.4 Å². The van der Waals surface area contributed by atoms with Gasteiger partial charge in [-0.15, -0.1) is 0 Å². The lowest BCUT2D eigenvalue weighted by molar-refractivity contribution is -0.0769. The Balaban J connectivity index is 2.15. The standard InChI is InChI=1S/C15H32N2O2/c1-14(2,12-16)6-4-5-9-17(3)13-15(18)7-10-19-11-8-15/h18H,4-13,16H2,1-3H3. The van der Waals surface area contributed by atoms with Gasteiger partial charge in [0.2, 0.25) is 0 Å². The maximum absolute atomic E-state index is 10.4. The van der Waals surface area contributed by atoms with Crippen LogP contribution in [-0.2, 0) is 4.74 Å². The van der Waals surface area contributed by atoms with Gasteiger partial charge in [0.05, 0.1) is 5.60 Å². The average Bonchev–Trinajstić information content (AvgIpc) is 2.35. The minimum atomic E-state index is -0.538. The first-order valence-corrected chi connectivity index (χ1v) is 7.56. The van der Waals surface area contributed by atoms with Crippen LogP contribution in [0.25, 0.3) is 0 Å². The highest BCUT2D eigenvalue weighted by molar-refractivity contribution is 4.84. The monoisotopic (exact) mass is 272 g/mol. The number of likely N-dealkylation sites (N-methyl/N-ethyl adjacent to an activating group) is 1. The molecule has 4 heteroatoms. The Bertz CT molecular complexity index is 251. The molecule has 0 aliphatic carbocycles. The summed E-state index contributed by atoms with van der Waals surface area (Å²) in [6.45, 7) is 8.38. The number of aliphatic hydroxyl groups is 1. The van der Waals surface area contributed by atoms with Gasteiger partial charge in [-0.25, -0.2) is 0 Å². The van der Waals surface area contributed by atoms with Gasteiger partial charge < -0.3 is 20.5 Å². The third kappa shape index (κ3) is 6.70. The highest BCUT2D eigenvalue weighted by Gasteiger charge is 2.30. The molecule has 3 N–H and O–H groups in total. The molecule has 0 amide bonds. The molecule has 0 radical (unpaired) electrons. The number of hydrogen-bond donors (Lipinski definition) is 2. The van der Waals surface area contributed by atoms with Gasteiger partial charge in [0.15, 0.2) is 0 Å². The van der Waals surface area contributed by atoms with Gasteiger partial charge in [-0.1, -0.05) is 20.3 Å². The minimum absolute atomic E-state index is 0.261. The lowest BCUT2D eigenvalue weighted by Gasteiger charge is -2.35. The van der Waals surface area contributed by atoms with Crippen molar-refractivity contribution in [3.8, 4) is 0 Å². The van der Waals surface area contributed by atoms with E-state index in [0.717, 1.165) is 32.5 Å². The second-order valence-electron chi connectivity index (χ2n) is 6.90. The third-order valence-corrected chi connectivity index (χ3v) is 4.18. The van der Waals surface area contributed by atoms with Crippen LogP contribution in [0, 0.1) is 5.41 Å². The molecule has 1 saturated heterocycles. The molecular weight excluding hydrogens is 240 g/mol. The number of nitrogens with zero attached hydrogens (tertiary/aromatic N) is 1. The number of hydrogen-bond acceptors (Lipinski definition) is 4. The summed E-state index contributed by atoms with van der Waals surface area (Å²) in [5.41, 5.74) is 5.46. The Kier molecular flexibility index (Phi) is 6.74. The van der Waals surface area contributed by atoms with E-state index in [2.05, 4.69) is 25.8 Å². The maximum Gasteiger partial charge on any atom is 0.0817 e. The Labute approximate surface area is 118 Å². The minimum Gasteiger partial charge on any atom is -0.388 e. The summed E-state index contributed by atoms with van der Waals surface area (Å²) in [6.07, 6.45) is 5.08. The van der Waals surface area contributed by atoms with Gasteiger partial charge in [0, 0.05) is 32.6 Å². The van der Waals surface area contributed by atoms with Gasteiger partial charge in [0.1, 0.15) is 0 Å². The van der Waals surface area contributed by atoms with Crippen LogP contribution >= 0.6 is 0 Å². The van der Waals surface area contributed by atoms with Gasteiger partial charge in [-0.3, -0.25) is 0 Å². The molecule has 1 aliphatic heterocycles. The smallest absolute Gasteiger partial charge is 0.0817 e. The largest absolute Gasteiger partial charge is 0.388 e. The van der Waals surface area contributed by atoms with Crippen molar-refractivity contribution in [1.82, 2.24) is 4.90 Å². The molecule has 0 bridgehead atoms. The van der Waals surface area contributed by atoms with Crippen LogP contribution in [0.15, 0.2) is 0 Å². The topological polar surface area (TPSA) is 58.7 Å². The molecule has 0 atom stereocenters. The van der Waals surface area contributed by atoms with Gasteiger partial charge in [-0.2, -0.15) is 0 Å². The van der Waals surface area contributed by atoms with E-state index in [0.29, 0.717) is 13.2 Å². The second kappa shape index (κ2) is 7.58. The summed E-state index contributed by atoms with van der Waals surface area (Å²) in [6, 6.07) is 0. The van der Waals surface area contributed by atoms with E-state index < -0.39 is 5.60 Å². The molecule has 114 valence electrons. The molecule has 0 spiro atoms. The second-order valence-corrected chi connectivity index (χ2v) is 6.90. The Morgan fingerprint density at radius 3 is 2.47 bits per heavy atom. The van der Waals surface area contributed by atoms with E-state index in [-0.39, 0.29) is 5.41 Å². The molecule has 1 fully saturated rings. The first-order valence-electron chi connectivity index (χ1n) is 7.56. The zero-order valence-electron chi connectivity index (χ0n) is 13.0. The summed E-state index contributed by atoms with van der Waals surface area (Å²) < 4.78 is 5.30. The van der Waals surface area contributed by atoms with Crippen molar-refractivity contribution in [2.75, 3.05) is 39.9 Å². The predicted octanol–water partition coefficient (Wildman–Crippen LogP) is 1.61. The first kappa shape index (κ1) is 16.9. The zero-order valence-corrected chi connectivity index (χ0v) is 13.0. The van der Waals surface area contributed by atoms with E-state index in [1.54, 1.807) is 0 Å². The van der Waals surface area contributed by atoms with Crippen LogP contribution in [0.3, 0.4) is 0 Å². The fourth-order valence-electron chi connectivity index (χ4n) is 2.58. The molecule has 0 aromatic heterocycles. The van der Waals surface area contributed by atoms with Crippen LogP contribution < -0.4 is 5.73 Å². The maximum atomic E-state index is 10.4. The highest BCUT2D eigenvalue weighted by atomic mass is 16.5. The Morgan fingerprint density at radius 2 is 1.89 bits per heavy atom. The molecule has 1 rings (SSSR count). The Hall–Kier alpha value is -0.160. The predicted molar refractivity (Wildman–Crippen MR) is 79.2 cm³/mol. The molecule has 19 heavy (non-hydrogen) atoms. The van der Waals surface area contributed by atoms with Crippen molar-refractivity contribution < 1.29 is 9.84 Å². The quantitative estimate of drug-likeness (QED) is 0.659. The van der Waals surface area contributed by atoms with E-state index in [9.17, 15) is 5.11 Å². The molecule has 0 unspecified atom stereocenters. The van der Waals surface area contributed by atoms with Crippen molar-refractivity contribution in [3.63, 3.8) is 0 Å². The third-order valence-electron chi connectivity index (χ3n) is 4.18. The lowest BCUT2D eigenvalue weighted by atomic mass is 9.87. The number of ether oxygens (including phenoxy) is 1. The van der Waals surface area contributed by atoms with E-state index in [1.165, 1.54) is 19.3 Å². The summed E-state index contributed by atoms with van der Waals surface area (Å²) in [5, 5.41) is 10.4. The SMILES string of the molecule is CN(CCCCC(C)(C)CN)CC1(O)CCOCC1. The molecule has 0 aromatic carbocycles. The van der Waals surface area contributed by atoms with Crippen LogP contribution in [-0.4, -0.2) is 55.5 Å². The van der Waals surface area contributed by atoms with E-state index in [4.69, 9.17) is 10.5 Å². The van der Waals surface area contributed by atoms with Crippen LogP contribution in [0.2, 0.25) is 0 Å². The average molecular weight is 272 g/mol. The van der Waals surface area contributed by atoms with Crippen LogP contribution in [0.1, 0.15) is 46.0 Å². The molecule has 1 aliphatic rings. The molecular formula is C15H32N2O2. The van der Waals surface area contributed by atoms with Gasteiger partial charge >= 0.3 is 0 Å². The van der Waals surface area contributed by atoms with E-state index >= 15 is 0 Å². The summed E-state index contributed by atoms with van der Waals surface area (Å²) in [5.74, 6) is 0. The van der Waals surface area contributed by atoms with Crippen molar-refractivity contribution in [1.29, 1.82) is 0 Å². The fourth-order valence-corrected chi connectivity index (χ4v) is 2.58. The lowest BCUT2D eigenvalue weighted by Crippen LogP contribution is -2.45. The molecule has 0 saturated carbocycles. The normalized spacial score (nSPS) is 19.9. The molecule has 4 nitrogen and oxygen atoms in total. The number of nitrogens with two attached hydrogens (primary N) is 1. The highest BCUT2D eigenvalue weighted by Crippen LogP contribution is 2.23. The fraction of sp³-hybridized carbons (Fsp3) is 1.00. The van der Waals surface area contributed by atoms with Crippen LogP contribution in [0.4, 0.5) is 0 Å². The van der Waals surface area contributed by atoms with Crippen molar-refractivity contribution in [3.05, 3.63) is 0 Å². The summed E-state index contributed by atoms with van der Waals surface area (Å²) in [7, 11) is 2.10. The molecule has 1 heterocycles. The first-order chi connectivity index (χ1) is 8.87. The molecule has 0 aromatic rings. The number of unbranched alkanes of at least 4 members (excludes halogenated alkanes) is 1. The van der Waals surface area contributed by atoms with Crippen molar-refractivity contribution in [2.24, 2.45) is 11.1 Å². The zero-order chi connectivity index (χ0) is 14.4. The number of rotatable bonds is 8. The van der Waals surface area contributed by atoms with Gasteiger partial charge in [0.25, 0.3) is 0 Å². The van der Waals surface area contributed by atoms with E-state index in [1.807, 2.05) is 0 Å². The summed E-state index contributed by atoms with van der Waals surface area (Å²) >= 11 is 0. The van der Waals surface area contributed by atoms with Crippen molar-refractivity contribution in [2.45, 2.75) is 51.6 Å². The Morgan fingerprint density at radius 1 is 1.26 bits per heavy atom. The van der Waals surface area contributed by atoms with Crippen molar-refractivity contribution >= 4 is 0 Å². The summed E-state index contributed by atoms with van der Waals surface area (Å²) in [4.78, 5) is 2.25. The van der Waals surface area contributed by atoms with Crippen LogP contribution in [0.5, 0.6) is 0 Å².